The minimum absolute atomic E-state index is 0.00375. The Balaban J connectivity index is 1.69. The first-order valence-corrected chi connectivity index (χ1v) is 8.93. The molecule has 29 heavy (non-hydrogen) atoms. The summed E-state index contributed by atoms with van der Waals surface area (Å²) in [6.45, 7) is 4.08. The van der Waals surface area contributed by atoms with Crippen LogP contribution in [0.25, 0.3) is 33.8 Å². The molecule has 0 aliphatic heterocycles. The quantitative estimate of drug-likeness (QED) is 0.347. The van der Waals surface area contributed by atoms with Gasteiger partial charge in [-0.05, 0) is 25.5 Å². The van der Waals surface area contributed by atoms with Gasteiger partial charge in [-0.2, -0.15) is 5.10 Å². The van der Waals surface area contributed by atoms with E-state index < -0.39 is 4.92 Å². The van der Waals surface area contributed by atoms with Crippen molar-refractivity contribution in [2.75, 3.05) is 0 Å². The first-order valence-electron chi connectivity index (χ1n) is 8.93. The molecule has 0 aliphatic carbocycles. The summed E-state index contributed by atoms with van der Waals surface area (Å²) in [5.41, 5.74) is 5.06. The van der Waals surface area contributed by atoms with Crippen molar-refractivity contribution in [3.05, 3.63) is 76.2 Å². The number of fused-ring (bicyclic) bond motifs is 3. The maximum absolute atomic E-state index is 11.1. The Hall–Kier alpha value is -4.14. The van der Waals surface area contributed by atoms with Crippen LogP contribution in [0.4, 0.5) is 5.69 Å². The summed E-state index contributed by atoms with van der Waals surface area (Å²) in [4.78, 5) is 15.2. The second-order valence-electron chi connectivity index (χ2n) is 6.85. The van der Waals surface area contributed by atoms with Crippen LogP contribution < -0.4 is 0 Å². The number of nitro groups is 1. The number of hydrogen-bond acceptors (Lipinski definition) is 6. The highest BCUT2D eigenvalue weighted by molar-refractivity contribution is 5.90. The zero-order valence-corrected chi connectivity index (χ0v) is 15.6. The van der Waals surface area contributed by atoms with E-state index in [4.69, 9.17) is 0 Å². The average molecular weight is 385 g/mol. The van der Waals surface area contributed by atoms with Crippen molar-refractivity contribution in [3.63, 3.8) is 0 Å². The number of rotatable bonds is 3. The first-order chi connectivity index (χ1) is 14.0. The molecule has 9 nitrogen and oxygen atoms in total. The van der Waals surface area contributed by atoms with Gasteiger partial charge < -0.3 is 0 Å². The summed E-state index contributed by atoms with van der Waals surface area (Å²) in [6.07, 6.45) is 3.33. The van der Waals surface area contributed by atoms with Crippen molar-refractivity contribution in [3.8, 4) is 17.1 Å². The molecular formula is C20H15N7O2. The van der Waals surface area contributed by atoms with Crippen LogP contribution in [0.5, 0.6) is 0 Å². The van der Waals surface area contributed by atoms with E-state index in [1.165, 1.54) is 17.7 Å². The molecule has 0 saturated carbocycles. The number of benzene rings is 2. The number of aryl methyl sites for hydroxylation is 2. The Labute approximate surface area is 164 Å². The molecular weight excluding hydrogens is 370 g/mol. The molecule has 142 valence electrons. The fraction of sp³-hybridized carbons (Fsp3) is 0.100. The van der Waals surface area contributed by atoms with E-state index >= 15 is 0 Å². The molecule has 0 radical (unpaired) electrons. The molecule has 0 atom stereocenters. The minimum atomic E-state index is -0.433. The van der Waals surface area contributed by atoms with Crippen LogP contribution in [0.3, 0.4) is 0 Å². The normalized spacial score (nSPS) is 11.4. The van der Waals surface area contributed by atoms with Crippen LogP contribution >= 0.6 is 0 Å². The SMILES string of the molecule is Cc1ccc(-n2ncc3c2ncn2c(-c4cccc([N+](=O)[O-])c4)nnc32)c(C)c1. The van der Waals surface area contributed by atoms with Gasteiger partial charge in [-0.1, -0.05) is 29.8 Å². The Morgan fingerprint density at radius 1 is 1.03 bits per heavy atom. The number of aromatic nitrogens is 6. The smallest absolute Gasteiger partial charge is 0.265 e. The number of nitrogens with zero attached hydrogens (tertiary/aromatic N) is 7. The van der Waals surface area contributed by atoms with Gasteiger partial charge in [0.05, 0.1) is 22.2 Å². The highest BCUT2D eigenvalue weighted by atomic mass is 16.6. The predicted molar refractivity (Wildman–Crippen MR) is 107 cm³/mol. The maximum atomic E-state index is 11.1. The van der Waals surface area contributed by atoms with E-state index in [9.17, 15) is 10.1 Å². The van der Waals surface area contributed by atoms with Gasteiger partial charge in [-0.15, -0.1) is 10.2 Å². The van der Waals surface area contributed by atoms with E-state index in [0.717, 1.165) is 16.6 Å². The fourth-order valence-corrected chi connectivity index (χ4v) is 3.50. The van der Waals surface area contributed by atoms with Gasteiger partial charge in [0, 0.05) is 17.7 Å². The van der Waals surface area contributed by atoms with Crippen molar-refractivity contribution in [2.45, 2.75) is 13.8 Å². The van der Waals surface area contributed by atoms with Crippen molar-refractivity contribution >= 4 is 22.4 Å². The fourth-order valence-electron chi connectivity index (χ4n) is 3.50. The zero-order chi connectivity index (χ0) is 20.1. The lowest BCUT2D eigenvalue weighted by molar-refractivity contribution is -0.384. The third kappa shape index (κ3) is 2.63. The van der Waals surface area contributed by atoms with Gasteiger partial charge >= 0.3 is 0 Å². The lowest BCUT2D eigenvalue weighted by atomic mass is 10.1. The van der Waals surface area contributed by atoms with Crippen LogP contribution in [0.1, 0.15) is 11.1 Å². The monoisotopic (exact) mass is 385 g/mol. The second-order valence-corrected chi connectivity index (χ2v) is 6.85. The van der Waals surface area contributed by atoms with E-state index in [1.54, 1.807) is 33.7 Å². The lowest BCUT2D eigenvalue weighted by Crippen LogP contribution is -2.01. The van der Waals surface area contributed by atoms with E-state index in [2.05, 4.69) is 26.3 Å². The Morgan fingerprint density at radius 2 is 1.90 bits per heavy atom. The second kappa shape index (κ2) is 6.20. The topological polar surface area (TPSA) is 104 Å². The molecule has 9 heteroatoms. The molecule has 5 rings (SSSR count). The Kier molecular flexibility index (Phi) is 3.63. The summed E-state index contributed by atoms with van der Waals surface area (Å²) >= 11 is 0. The van der Waals surface area contributed by atoms with Crippen LogP contribution in [0.2, 0.25) is 0 Å². The van der Waals surface area contributed by atoms with Gasteiger partial charge in [0.2, 0.25) is 0 Å². The van der Waals surface area contributed by atoms with Gasteiger partial charge in [-0.3, -0.25) is 14.5 Å². The van der Waals surface area contributed by atoms with Gasteiger partial charge in [0.1, 0.15) is 6.33 Å². The summed E-state index contributed by atoms with van der Waals surface area (Å²) in [5.74, 6) is 0.484. The van der Waals surface area contributed by atoms with Crippen molar-refractivity contribution < 1.29 is 4.92 Å². The van der Waals surface area contributed by atoms with Crippen molar-refractivity contribution in [1.82, 2.24) is 29.4 Å². The highest BCUT2D eigenvalue weighted by Crippen LogP contribution is 2.26. The first kappa shape index (κ1) is 17.0. The number of non-ortho nitro benzene ring substituents is 1. The van der Waals surface area contributed by atoms with Gasteiger partial charge in [0.25, 0.3) is 5.69 Å². The third-order valence-electron chi connectivity index (χ3n) is 4.87. The Morgan fingerprint density at radius 3 is 2.69 bits per heavy atom. The molecule has 3 heterocycles. The molecule has 0 aliphatic rings. The van der Waals surface area contributed by atoms with Crippen LogP contribution in [-0.4, -0.2) is 34.3 Å². The number of hydrogen-bond donors (Lipinski definition) is 0. The van der Waals surface area contributed by atoms with Gasteiger partial charge in [-0.25, -0.2) is 9.67 Å². The predicted octanol–water partition coefficient (Wildman–Crippen LogP) is 3.66. The molecule has 0 spiro atoms. The van der Waals surface area contributed by atoms with Crippen LogP contribution in [0.15, 0.2) is 55.0 Å². The summed E-state index contributed by atoms with van der Waals surface area (Å²) in [7, 11) is 0. The van der Waals surface area contributed by atoms with E-state index in [-0.39, 0.29) is 5.69 Å². The summed E-state index contributed by atoms with van der Waals surface area (Å²) in [6, 6.07) is 12.4. The van der Waals surface area contributed by atoms with Crippen molar-refractivity contribution in [1.29, 1.82) is 0 Å². The molecule has 0 fully saturated rings. The van der Waals surface area contributed by atoms with Crippen molar-refractivity contribution in [2.24, 2.45) is 0 Å². The third-order valence-corrected chi connectivity index (χ3v) is 4.87. The number of nitro benzene ring substituents is 1. The average Bonchev–Trinajstić information content (AvgIpc) is 3.32. The molecule has 0 amide bonds. The molecule has 0 N–H and O–H groups in total. The minimum Gasteiger partial charge on any atom is -0.265 e. The molecule has 0 saturated heterocycles. The zero-order valence-electron chi connectivity index (χ0n) is 15.6. The largest absolute Gasteiger partial charge is 0.270 e. The summed E-state index contributed by atoms with van der Waals surface area (Å²) < 4.78 is 3.50. The highest BCUT2D eigenvalue weighted by Gasteiger charge is 2.17. The van der Waals surface area contributed by atoms with E-state index in [0.29, 0.717) is 22.7 Å². The Bertz CT molecular complexity index is 1420. The molecule has 2 aromatic carbocycles. The summed E-state index contributed by atoms with van der Waals surface area (Å²) in [5, 5.41) is 24.9. The van der Waals surface area contributed by atoms with Gasteiger partial charge in [0.15, 0.2) is 17.1 Å². The maximum Gasteiger partial charge on any atom is 0.270 e. The van der Waals surface area contributed by atoms with Crippen LogP contribution in [-0.2, 0) is 0 Å². The lowest BCUT2D eigenvalue weighted by Gasteiger charge is -2.08. The molecule has 0 bridgehead atoms. The molecule has 0 unspecified atom stereocenters. The molecule has 3 aromatic heterocycles. The molecule has 5 aromatic rings. The van der Waals surface area contributed by atoms with E-state index in [1.807, 2.05) is 26.0 Å². The standard InChI is InChI=1S/C20H15N7O2/c1-12-6-7-17(13(2)8-12)26-19-16(10-22-26)20-24-23-18(25(20)11-21-19)14-4-3-5-15(9-14)27(28)29/h3-11H,1-2H3. The van der Waals surface area contributed by atoms with Crippen LogP contribution in [0, 0.1) is 24.0 Å².